The van der Waals surface area contributed by atoms with Crippen LogP contribution < -0.4 is 16.4 Å². The minimum Gasteiger partial charge on any atom is -0.444 e. The lowest BCUT2D eigenvalue weighted by atomic mass is 10.0. The average molecular weight is 493 g/mol. The molecular formula is C27H32N4O5. The molecule has 0 heterocycles. The van der Waals surface area contributed by atoms with Crippen molar-refractivity contribution >= 4 is 23.8 Å². The number of hydrogen-bond acceptors (Lipinski definition) is 5. The van der Waals surface area contributed by atoms with Crippen LogP contribution in [0.3, 0.4) is 0 Å². The molecule has 0 spiro atoms. The number of nitrogens with two attached hydrogens (primary N) is 1. The third-order valence-electron chi connectivity index (χ3n) is 4.98. The van der Waals surface area contributed by atoms with E-state index in [1.165, 1.54) is 0 Å². The number of nitrogens with one attached hydrogen (secondary N) is 2. The fourth-order valence-electron chi connectivity index (χ4n) is 3.33. The fourth-order valence-corrected chi connectivity index (χ4v) is 3.33. The van der Waals surface area contributed by atoms with Crippen molar-refractivity contribution in [3.63, 3.8) is 0 Å². The summed E-state index contributed by atoms with van der Waals surface area (Å²) in [6.45, 7) is 7.03. The van der Waals surface area contributed by atoms with Crippen molar-refractivity contribution in [1.82, 2.24) is 15.5 Å². The number of primary amides is 1. The molecule has 0 bridgehead atoms. The number of terminal acetylenes is 1. The summed E-state index contributed by atoms with van der Waals surface area (Å²) in [6.07, 6.45) is 4.23. The highest BCUT2D eigenvalue weighted by atomic mass is 16.6. The Morgan fingerprint density at radius 1 is 1.06 bits per heavy atom. The molecule has 2 rings (SSSR count). The van der Waals surface area contributed by atoms with Gasteiger partial charge in [0.1, 0.15) is 17.7 Å². The molecule has 190 valence electrons. The number of carbonyl (C=O) groups excluding carboxylic acids is 4. The van der Waals surface area contributed by atoms with Gasteiger partial charge in [0.25, 0.3) is 5.91 Å². The van der Waals surface area contributed by atoms with E-state index in [0.717, 1.165) is 16.0 Å². The normalized spacial score (nSPS) is 12.4. The largest absolute Gasteiger partial charge is 0.444 e. The van der Waals surface area contributed by atoms with Crippen LogP contribution in [0.25, 0.3) is 0 Å². The Labute approximate surface area is 211 Å². The van der Waals surface area contributed by atoms with E-state index in [2.05, 4.69) is 16.7 Å². The molecule has 4 N–H and O–H groups in total. The molecule has 2 unspecified atom stereocenters. The van der Waals surface area contributed by atoms with Crippen LogP contribution in [0.2, 0.25) is 0 Å². The quantitative estimate of drug-likeness (QED) is 0.366. The van der Waals surface area contributed by atoms with E-state index >= 15 is 0 Å². The first-order chi connectivity index (χ1) is 16.9. The molecule has 9 nitrogen and oxygen atoms in total. The predicted octanol–water partition coefficient (Wildman–Crippen LogP) is 2.54. The molecular weight excluding hydrogens is 460 g/mol. The van der Waals surface area contributed by atoms with Crippen molar-refractivity contribution in [2.45, 2.75) is 58.3 Å². The molecule has 36 heavy (non-hydrogen) atoms. The first-order valence-electron chi connectivity index (χ1n) is 11.4. The molecule has 4 amide bonds. The lowest BCUT2D eigenvalue weighted by Crippen LogP contribution is -2.52. The van der Waals surface area contributed by atoms with Crippen molar-refractivity contribution in [1.29, 1.82) is 0 Å². The van der Waals surface area contributed by atoms with Gasteiger partial charge >= 0.3 is 6.09 Å². The molecule has 0 aliphatic rings. The monoisotopic (exact) mass is 492 g/mol. The van der Waals surface area contributed by atoms with E-state index < -0.39 is 47.9 Å². The molecule has 9 heteroatoms. The molecule has 2 atom stereocenters. The number of benzene rings is 2. The summed E-state index contributed by atoms with van der Waals surface area (Å²) < 4.78 is 5.20. The second-order valence-electron chi connectivity index (χ2n) is 9.22. The Hall–Kier alpha value is -4.32. The van der Waals surface area contributed by atoms with Gasteiger partial charge in [0.05, 0.1) is 6.42 Å². The van der Waals surface area contributed by atoms with E-state index in [4.69, 9.17) is 16.9 Å². The van der Waals surface area contributed by atoms with Crippen LogP contribution in [0.5, 0.6) is 0 Å². The highest BCUT2D eigenvalue weighted by Gasteiger charge is 2.36. The summed E-state index contributed by atoms with van der Waals surface area (Å²) in [5.41, 5.74) is 6.72. The first kappa shape index (κ1) is 27.9. The number of ether oxygens (including phenoxy) is 1. The van der Waals surface area contributed by atoms with E-state index in [0.29, 0.717) is 5.56 Å². The van der Waals surface area contributed by atoms with Crippen molar-refractivity contribution in [3.05, 3.63) is 71.3 Å². The summed E-state index contributed by atoms with van der Waals surface area (Å²) in [6, 6.07) is 15.7. The molecule has 0 saturated heterocycles. The zero-order valence-corrected chi connectivity index (χ0v) is 20.9. The SMILES string of the molecule is C#CN(C(=O)C(CC(N)=O)NC(=O)OC(C)(C)C)C(C(=O)NCc1ccccc1)c1ccc(C)cc1. The second-order valence-corrected chi connectivity index (χ2v) is 9.22. The molecule has 0 fully saturated rings. The summed E-state index contributed by atoms with van der Waals surface area (Å²) >= 11 is 0. The summed E-state index contributed by atoms with van der Waals surface area (Å²) in [5, 5.41) is 5.15. The van der Waals surface area contributed by atoms with Gasteiger partial charge in [-0.15, -0.1) is 0 Å². The number of aryl methyl sites for hydroxylation is 1. The number of nitrogens with zero attached hydrogens (tertiary/aromatic N) is 1. The van der Waals surface area contributed by atoms with Crippen LogP contribution >= 0.6 is 0 Å². The maximum absolute atomic E-state index is 13.5. The van der Waals surface area contributed by atoms with Gasteiger partial charge < -0.3 is 21.1 Å². The maximum Gasteiger partial charge on any atom is 0.408 e. The Morgan fingerprint density at radius 2 is 1.67 bits per heavy atom. The van der Waals surface area contributed by atoms with Gasteiger partial charge in [0.15, 0.2) is 0 Å². The Balaban J connectivity index is 2.38. The van der Waals surface area contributed by atoms with Crippen molar-refractivity contribution < 1.29 is 23.9 Å². The number of rotatable bonds is 9. The lowest BCUT2D eigenvalue weighted by molar-refractivity contribution is -0.139. The van der Waals surface area contributed by atoms with Crippen LogP contribution in [-0.2, 0) is 25.7 Å². The summed E-state index contributed by atoms with van der Waals surface area (Å²) in [7, 11) is 0. The van der Waals surface area contributed by atoms with Crippen LogP contribution in [0, 0.1) is 19.4 Å². The van der Waals surface area contributed by atoms with E-state index in [1.807, 2.05) is 37.3 Å². The smallest absolute Gasteiger partial charge is 0.408 e. The zero-order chi connectivity index (χ0) is 26.9. The third kappa shape index (κ3) is 8.47. The van der Waals surface area contributed by atoms with Gasteiger partial charge in [-0.2, -0.15) is 0 Å². The van der Waals surface area contributed by atoms with Crippen molar-refractivity contribution in [3.8, 4) is 12.5 Å². The summed E-state index contributed by atoms with van der Waals surface area (Å²) in [5.74, 6) is -2.24. The van der Waals surface area contributed by atoms with Crippen LogP contribution in [0.15, 0.2) is 54.6 Å². The third-order valence-corrected chi connectivity index (χ3v) is 4.98. The standard InChI is InChI=1S/C27H32N4O5/c1-6-31(25(34)21(16-22(28)32)30-26(35)36-27(3,4)5)23(20-14-12-18(2)13-15-20)24(33)29-17-19-10-8-7-9-11-19/h1,7-15,21,23H,16-17H2,2-5H3,(H2,28,32)(H,29,33)(H,30,35). The maximum atomic E-state index is 13.5. The van der Waals surface area contributed by atoms with Gasteiger partial charge in [-0.3, -0.25) is 19.3 Å². The highest BCUT2D eigenvalue weighted by molar-refractivity contribution is 5.95. The number of amides is 4. The van der Waals surface area contributed by atoms with Crippen LogP contribution in [0.4, 0.5) is 4.79 Å². The molecule has 2 aromatic rings. The topological polar surface area (TPSA) is 131 Å². The molecule has 2 aromatic carbocycles. The van der Waals surface area contributed by atoms with Gasteiger partial charge in [-0.25, -0.2) is 4.79 Å². The van der Waals surface area contributed by atoms with E-state index in [1.54, 1.807) is 45.0 Å². The summed E-state index contributed by atoms with van der Waals surface area (Å²) in [4.78, 5) is 51.8. The van der Waals surface area contributed by atoms with Crippen molar-refractivity contribution in [2.24, 2.45) is 5.73 Å². The van der Waals surface area contributed by atoms with Crippen molar-refractivity contribution in [2.75, 3.05) is 0 Å². The fraction of sp³-hybridized carbons (Fsp3) is 0.333. The zero-order valence-electron chi connectivity index (χ0n) is 20.9. The van der Waals surface area contributed by atoms with Crippen LogP contribution in [0.1, 0.15) is 49.9 Å². The lowest BCUT2D eigenvalue weighted by Gasteiger charge is -2.30. The highest BCUT2D eigenvalue weighted by Crippen LogP contribution is 2.23. The average Bonchev–Trinajstić information content (AvgIpc) is 2.80. The molecule has 0 radical (unpaired) electrons. The number of hydrogen-bond donors (Lipinski definition) is 3. The molecule has 0 aromatic heterocycles. The van der Waals surface area contributed by atoms with Gasteiger partial charge in [0.2, 0.25) is 11.8 Å². The molecule has 0 aliphatic heterocycles. The minimum atomic E-state index is -1.44. The first-order valence-corrected chi connectivity index (χ1v) is 11.4. The van der Waals surface area contributed by atoms with Crippen LogP contribution in [-0.4, -0.2) is 40.4 Å². The van der Waals surface area contributed by atoms with E-state index in [9.17, 15) is 19.2 Å². The second kappa shape index (κ2) is 12.4. The Kier molecular flexibility index (Phi) is 9.62. The van der Waals surface area contributed by atoms with Gasteiger partial charge in [0, 0.05) is 12.6 Å². The minimum absolute atomic E-state index is 0.204. The Bertz CT molecular complexity index is 1120. The van der Waals surface area contributed by atoms with Gasteiger partial charge in [-0.05, 0) is 38.8 Å². The Morgan fingerprint density at radius 3 is 2.19 bits per heavy atom. The predicted molar refractivity (Wildman–Crippen MR) is 135 cm³/mol. The van der Waals surface area contributed by atoms with Gasteiger partial charge in [-0.1, -0.05) is 66.6 Å². The molecule has 0 saturated carbocycles. The molecule has 0 aliphatic carbocycles. The number of carbonyl (C=O) groups is 4. The van der Waals surface area contributed by atoms with E-state index in [-0.39, 0.29) is 6.54 Å². The number of alkyl carbamates (subject to hydrolysis) is 1.